The summed E-state index contributed by atoms with van der Waals surface area (Å²) < 4.78 is 1.59. The molecule has 0 bridgehead atoms. The number of anilines is 1. The van der Waals surface area contributed by atoms with Crippen LogP contribution in [0.4, 0.5) is 5.69 Å². The van der Waals surface area contributed by atoms with Crippen LogP contribution in [0.2, 0.25) is 0 Å². The van der Waals surface area contributed by atoms with Gasteiger partial charge in [-0.2, -0.15) is 5.10 Å². The number of nitrogens with zero attached hydrogens (tertiary/aromatic N) is 2. The van der Waals surface area contributed by atoms with Crippen molar-refractivity contribution in [3.63, 3.8) is 0 Å². The zero-order chi connectivity index (χ0) is 14.5. The molecule has 1 heterocycles. The van der Waals surface area contributed by atoms with Crippen molar-refractivity contribution in [2.24, 2.45) is 0 Å². The highest BCUT2D eigenvalue weighted by atomic mass is 79.9. The Kier molecular flexibility index (Phi) is 5.56. The number of rotatable bonds is 4. The fourth-order valence-corrected chi connectivity index (χ4v) is 2.90. The lowest BCUT2D eigenvalue weighted by Gasteiger charge is -2.23. The van der Waals surface area contributed by atoms with E-state index in [2.05, 4.69) is 26.3 Å². The van der Waals surface area contributed by atoms with Crippen molar-refractivity contribution in [2.45, 2.75) is 50.8 Å². The lowest BCUT2D eigenvalue weighted by Crippen LogP contribution is -2.34. The standard InChI is InChI=1S/C13H20BrN3O3/c14-12-10(8-15-17(6-7-18)13(12)20)16-9-4-2-1-3-5-11(9)19/h8-9,11,16,18-19H,1-7H2. The van der Waals surface area contributed by atoms with Gasteiger partial charge < -0.3 is 15.5 Å². The van der Waals surface area contributed by atoms with Gasteiger partial charge in [-0.3, -0.25) is 4.79 Å². The third kappa shape index (κ3) is 3.59. The first-order valence-corrected chi connectivity index (χ1v) is 7.74. The number of hydrogen-bond acceptors (Lipinski definition) is 5. The van der Waals surface area contributed by atoms with Crippen molar-refractivity contribution in [3.05, 3.63) is 21.0 Å². The minimum atomic E-state index is -0.399. The van der Waals surface area contributed by atoms with Crippen molar-refractivity contribution < 1.29 is 10.2 Å². The van der Waals surface area contributed by atoms with Gasteiger partial charge in [0.15, 0.2) is 0 Å². The molecule has 1 fully saturated rings. The highest BCUT2D eigenvalue weighted by Gasteiger charge is 2.22. The minimum absolute atomic E-state index is 0.0521. The average Bonchev–Trinajstić information content (AvgIpc) is 2.64. The van der Waals surface area contributed by atoms with Crippen molar-refractivity contribution in [1.82, 2.24) is 9.78 Å². The van der Waals surface area contributed by atoms with E-state index < -0.39 is 6.10 Å². The van der Waals surface area contributed by atoms with Crippen LogP contribution in [0.5, 0.6) is 0 Å². The van der Waals surface area contributed by atoms with Crippen molar-refractivity contribution in [2.75, 3.05) is 11.9 Å². The molecule has 0 spiro atoms. The Morgan fingerprint density at radius 1 is 1.40 bits per heavy atom. The molecule has 2 rings (SSSR count). The molecule has 0 aliphatic heterocycles. The highest BCUT2D eigenvalue weighted by Crippen LogP contribution is 2.24. The molecule has 1 saturated carbocycles. The molecule has 1 aromatic heterocycles. The van der Waals surface area contributed by atoms with Crippen LogP contribution in [0.1, 0.15) is 32.1 Å². The second-order valence-electron chi connectivity index (χ2n) is 5.08. The maximum Gasteiger partial charge on any atom is 0.283 e. The van der Waals surface area contributed by atoms with Crippen LogP contribution in [-0.4, -0.2) is 38.7 Å². The Morgan fingerprint density at radius 3 is 2.90 bits per heavy atom. The Labute approximate surface area is 125 Å². The Bertz CT molecular complexity index is 506. The molecule has 1 aromatic rings. The molecule has 112 valence electrons. The van der Waals surface area contributed by atoms with E-state index in [0.29, 0.717) is 10.2 Å². The van der Waals surface area contributed by atoms with E-state index in [-0.39, 0.29) is 24.8 Å². The van der Waals surface area contributed by atoms with Crippen molar-refractivity contribution >= 4 is 21.6 Å². The molecule has 0 aromatic carbocycles. The fourth-order valence-electron chi connectivity index (χ4n) is 2.48. The Morgan fingerprint density at radius 2 is 2.15 bits per heavy atom. The molecule has 1 aliphatic rings. The molecular weight excluding hydrogens is 326 g/mol. The summed E-state index contributed by atoms with van der Waals surface area (Å²) >= 11 is 3.27. The molecule has 0 saturated heterocycles. The van der Waals surface area contributed by atoms with Gasteiger partial charge in [0.1, 0.15) is 4.47 Å². The van der Waals surface area contributed by atoms with Crippen LogP contribution in [0.25, 0.3) is 0 Å². The van der Waals surface area contributed by atoms with Gasteiger partial charge in [-0.15, -0.1) is 0 Å². The first-order chi connectivity index (χ1) is 9.63. The van der Waals surface area contributed by atoms with Crippen LogP contribution in [-0.2, 0) is 6.54 Å². The Hall–Kier alpha value is -0.920. The van der Waals surface area contributed by atoms with Crippen LogP contribution < -0.4 is 10.9 Å². The fraction of sp³-hybridized carbons (Fsp3) is 0.692. The summed E-state index contributed by atoms with van der Waals surface area (Å²) in [6.45, 7) is 0.0389. The summed E-state index contributed by atoms with van der Waals surface area (Å²) in [6.07, 6.45) is 6.06. The third-order valence-corrected chi connectivity index (χ3v) is 4.38. The van der Waals surface area contributed by atoms with E-state index in [1.54, 1.807) is 6.20 Å². The number of halogens is 1. The van der Waals surface area contributed by atoms with E-state index in [1.807, 2.05) is 0 Å². The zero-order valence-corrected chi connectivity index (χ0v) is 12.8. The first-order valence-electron chi connectivity index (χ1n) is 6.94. The summed E-state index contributed by atoms with van der Waals surface area (Å²) in [5.41, 5.74) is 0.308. The summed E-state index contributed by atoms with van der Waals surface area (Å²) in [5.74, 6) is 0. The lowest BCUT2D eigenvalue weighted by atomic mass is 10.1. The monoisotopic (exact) mass is 345 g/mol. The molecule has 3 N–H and O–H groups in total. The molecule has 0 amide bonds. The smallest absolute Gasteiger partial charge is 0.283 e. The highest BCUT2D eigenvalue weighted by molar-refractivity contribution is 9.10. The predicted octanol–water partition coefficient (Wildman–Crippen LogP) is 1.10. The molecule has 1 aliphatic carbocycles. The second-order valence-corrected chi connectivity index (χ2v) is 5.87. The van der Waals surface area contributed by atoms with Crippen LogP contribution in [0.15, 0.2) is 15.5 Å². The maximum absolute atomic E-state index is 12.0. The molecule has 6 nitrogen and oxygen atoms in total. The van der Waals surface area contributed by atoms with Crippen molar-refractivity contribution in [1.29, 1.82) is 0 Å². The largest absolute Gasteiger partial charge is 0.394 e. The SMILES string of the molecule is O=c1c(Br)c(NC2CCCCCC2O)cnn1CCO. The number of aliphatic hydroxyl groups excluding tert-OH is 2. The van der Waals surface area contributed by atoms with E-state index in [4.69, 9.17) is 5.11 Å². The summed E-state index contributed by atoms with van der Waals surface area (Å²) in [7, 11) is 0. The summed E-state index contributed by atoms with van der Waals surface area (Å²) in [6, 6.07) is -0.0521. The van der Waals surface area contributed by atoms with Crippen molar-refractivity contribution in [3.8, 4) is 0 Å². The average molecular weight is 346 g/mol. The van der Waals surface area contributed by atoms with E-state index in [0.717, 1.165) is 32.1 Å². The van der Waals surface area contributed by atoms with Crippen LogP contribution in [0.3, 0.4) is 0 Å². The van der Waals surface area contributed by atoms with Gasteiger partial charge in [0.05, 0.1) is 37.2 Å². The number of hydrogen-bond donors (Lipinski definition) is 3. The normalized spacial score (nSPS) is 23.4. The van der Waals surface area contributed by atoms with Gasteiger partial charge in [0, 0.05) is 0 Å². The molecule has 7 heteroatoms. The van der Waals surface area contributed by atoms with Gasteiger partial charge in [-0.25, -0.2) is 4.68 Å². The van der Waals surface area contributed by atoms with Crippen LogP contribution >= 0.6 is 15.9 Å². The zero-order valence-electron chi connectivity index (χ0n) is 11.3. The number of aliphatic hydroxyl groups is 2. The molecular formula is C13H20BrN3O3. The molecule has 20 heavy (non-hydrogen) atoms. The first kappa shape index (κ1) is 15.5. The topological polar surface area (TPSA) is 87.4 Å². The van der Waals surface area contributed by atoms with E-state index >= 15 is 0 Å². The molecule has 0 radical (unpaired) electrons. The lowest BCUT2D eigenvalue weighted by molar-refractivity contribution is 0.144. The number of aromatic nitrogens is 2. The van der Waals surface area contributed by atoms with E-state index in [1.165, 1.54) is 4.68 Å². The molecule has 2 atom stereocenters. The predicted molar refractivity (Wildman–Crippen MR) is 79.8 cm³/mol. The summed E-state index contributed by atoms with van der Waals surface area (Å²) in [5, 5.41) is 26.2. The second kappa shape index (κ2) is 7.19. The quantitative estimate of drug-likeness (QED) is 0.711. The van der Waals surface area contributed by atoms with Gasteiger partial charge in [-0.1, -0.05) is 19.3 Å². The van der Waals surface area contributed by atoms with Crippen LogP contribution in [0, 0.1) is 0 Å². The molecule has 2 unspecified atom stereocenters. The Balaban J connectivity index is 2.16. The maximum atomic E-state index is 12.0. The van der Waals surface area contributed by atoms with Gasteiger partial charge in [-0.05, 0) is 28.8 Å². The third-order valence-electron chi connectivity index (χ3n) is 3.62. The number of nitrogens with one attached hydrogen (secondary N) is 1. The summed E-state index contributed by atoms with van der Waals surface area (Å²) in [4.78, 5) is 12.0. The minimum Gasteiger partial charge on any atom is -0.394 e. The van der Waals surface area contributed by atoms with Gasteiger partial charge >= 0.3 is 0 Å². The van der Waals surface area contributed by atoms with E-state index in [9.17, 15) is 9.90 Å². The van der Waals surface area contributed by atoms with Gasteiger partial charge in [0.25, 0.3) is 5.56 Å². The van der Waals surface area contributed by atoms with Gasteiger partial charge in [0.2, 0.25) is 0 Å².